The smallest absolute Gasteiger partial charge is 0.112 e. The molecule has 0 unspecified atom stereocenters. The molecule has 0 fully saturated rings. The Morgan fingerprint density at radius 3 is 2.84 bits per heavy atom. The van der Waals surface area contributed by atoms with Crippen LogP contribution < -0.4 is 5.73 Å². The Morgan fingerprint density at radius 2 is 2.05 bits per heavy atom. The van der Waals surface area contributed by atoms with Gasteiger partial charge in [-0.25, -0.2) is 4.98 Å². The summed E-state index contributed by atoms with van der Waals surface area (Å²) < 4.78 is 2.12. The normalized spacial score (nSPS) is 11.1. The second kappa shape index (κ2) is 4.82. The van der Waals surface area contributed by atoms with Crippen molar-refractivity contribution in [3.05, 3.63) is 54.2 Å². The zero-order chi connectivity index (χ0) is 13.2. The number of aryl methyl sites for hydroxylation is 1. The molecule has 0 radical (unpaired) electrons. The van der Waals surface area contributed by atoms with Crippen LogP contribution in [0.25, 0.3) is 16.6 Å². The Hall–Kier alpha value is -2.20. The maximum atomic E-state index is 5.87. The fraction of sp³-hybridized carbons (Fsp3) is 0.200. The lowest BCUT2D eigenvalue weighted by Gasteiger charge is -2.14. The number of nitrogens with zero attached hydrogens (tertiary/aromatic N) is 3. The largest absolute Gasteiger partial charge is 0.326 e. The molecular formula is C15H16N4. The van der Waals surface area contributed by atoms with Gasteiger partial charge in [-0.1, -0.05) is 25.1 Å². The summed E-state index contributed by atoms with van der Waals surface area (Å²) in [7, 11) is 0. The van der Waals surface area contributed by atoms with Gasteiger partial charge in [0.05, 0.1) is 11.2 Å². The number of rotatable bonds is 3. The van der Waals surface area contributed by atoms with Crippen LogP contribution in [0.2, 0.25) is 0 Å². The van der Waals surface area contributed by atoms with Crippen LogP contribution in [0.4, 0.5) is 0 Å². The van der Waals surface area contributed by atoms with E-state index in [1.807, 2.05) is 36.8 Å². The Kier molecular flexibility index (Phi) is 3.01. The topological polar surface area (TPSA) is 56.7 Å². The van der Waals surface area contributed by atoms with E-state index >= 15 is 0 Å². The summed E-state index contributed by atoms with van der Waals surface area (Å²) in [6, 6.07) is 8.12. The van der Waals surface area contributed by atoms with Gasteiger partial charge in [0.15, 0.2) is 0 Å². The number of pyridine rings is 1. The van der Waals surface area contributed by atoms with Gasteiger partial charge in [0.1, 0.15) is 5.82 Å². The molecule has 0 bridgehead atoms. The number of aromatic nitrogens is 3. The molecule has 0 saturated heterocycles. The van der Waals surface area contributed by atoms with E-state index in [1.54, 1.807) is 0 Å². The molecular weight excluding hydrogens is 236 g/mol. The van der Waals surface area contributed by atoms with Gasteiger partial charge in [-0.05, 0) is 6.07 Å². The zero-order valence-corrected chi connectivity index (χ0v) is 10.9. The first kappa shape index (κ1) is 11.9. The molecule has 4 heteroatoms. The van der Waals surface area contributed by atoms with Gasteiger partial charge in [0.25, 0.3) is 0 Å². The number of para-hydroxylation sites is 1. The van der Waals surface area contributed by atoms with Crippen molar-refractivity contribution >= 4 is 10.9 Å². The third-order valence-electron chi connectivity index (χ3n) is 3.32. The van der Waals surface area contributed by atoms with E-state index < -0.39 is 0 Å². The molecule has 0 amide bonds. The van der Waals surface area contributed by atoms with Crippen LogP contribution in [-0.4, -0.2) is 14.5 Å². The summed E-state index contributed by atoms with van der Waals surface area (Å²) in [6.45, 7) is 2.57. The van der Waals surface area contributed by atoms with Crippen LogP contribution in [0.3, 0.4) is 0 Å². The molecule has 3 aromatic rings. The van der Waals surface area contributed by atoms with E-state index in [4.69, 9.17) is 5.73 Å². The van der Waals surface area contributed by atoms with Gasteiger partial charge in [-0.2, -0.15) is 0 Å². The number of fused-ring (bicyclic) bond motifs is 1. The standard InChI is InChI=1S/C15H16N4/c1-2-14-17-7-8-19(14)15-11(9-16)10-18-13-6-4-3-5-12(13)15/h3-8,10H,2,9,16H2,1H3. The fourth-order valence-electron chi connectivity index (χ4n) is 2.40. The average molecular weight is 252 g/mol. The van der Waals surface area contributed by atoms with Crippen molar-refractivity contribution in [3.63, 3.8) is 0 Å². The summed E-state index contributed by atoms with van der Waals surface area (Å²) in [5.74, 6) is 1.03. The molecule has 0 aliphatic heterocycles. The predicted molar refractivity (Wildman–Crippen MR) is 76.1 cm³/mol. The highest BCUT2D eigenvalue weighted by Crippen LogP contribution is 2.25. The van der Waals surface area contributed by atoms with E-state index in [-0.39, 0.29) is 0 Å². The number of benzene rings is 1. The van der Waals surface area contributed by atoms with E-state index in [1.165, 1.54) is 0 Å². The second-order valence-electron chi connectivity index (χ2n) is 4.42. The van der Waals surface area contributed by atoms with Crippen molar-refractivity contribution in [3.8, 4) is 5.69 Å². The molecule has 2 N–H and O–H groups in total. The summed E-state index contributed by atoms with van der Waals surface area (Å²) >= 11 is 0. The average Bonchev–Trinajstić information content (AvgIpc) is 2.94. The molecule has 0 aliphatic rings. The lowest BCUT2D eigenvalue weighted by Crippen LogP contribution is -2.08. The van der Waals surface area contributed by atoms with Gasteiger partial charge in [-0.15, -0.1) is 0 Å². The van der Waals surface area contributed by atoms with E-state index in [0.29, 0.717) is 6.54 Å². The molecule has 96 valence electrons. The highest BCUT2D eigenvalue weighted by Gasteiger charge is 2.12. The number of nitrogens with two attached hydrogens (primary N) is 1. The van der Waals surface area contributed by atoms with Crippen molar-refractivity contribution < 1.29 is 0 Å². The van der Waals surface area contributed by atoms with Crippen molar-refractivity contribution in [2.24, 2.45) is 5.73 Å². The molecule has 0 spiro atoms. The van der Waals surface area contributed by atoms with E-state index in [2.05, 4.69) is 27.5 Å². The molecule has 1 aromatic carbocycles. The van der Waals surface area contributed by atoms with Gasteiger partial charge in [0.2, 0.25) is 0 Å². The van der Waals surface area contributed by atoms with Crippen LogP contribution in [0.5, 0.6) is 0 Å². The van der Waals surface area contributed by atoms with Crippen molar-refractivity contribution in [2.75, 3.05) is 0 Å². The lowest BCUT2D eigenvalue weighted by atomic mass is 10.1. The summed E-state index contributed by atoms with van der Waals surface area (Å²) in [4.78, 5) is 8.86. The molecule has 0 aliphatic carbocycles. The molecule has 2 heterocycles. The molecule has 19 heavy (non-hydrogen) atoms. The van der Waals surface area contributed by atoms with Crippen LogP contribution in [0.15, 0.2) is 42.9 Å². The van der Waals surface area contributed by atoms with Crippen LogP contribution >= 0.6 is 0 Å². The van der Waals surface area contributed by atoms with Gasteiger partial charge in [-0.3, -0.25) is 4.98 Å². The number of hydrogen-bond donors (Lipinski definition) is 1. The van der Waals surface area contributed by atoms with E-state index in [9.17, 15) is 0 Å². The Morgan fingerprint density at radius 1 is 1.21 bits per heavy atom. The second-order valence-corrected chi connectivity index (χ2v) is 4.42. The molecule has 0 atom stereocenters. The highest BCUT2D eigenvalue weighted by atomic mass is 15.1. The lowest BCUT2D eigenvalue weighted by molar-refractivity contribution is 0.878. The monoisotopic (exact) mass is 252 g/mol. The SMILES string of the molecule is CCc1nccn1-c1c(CN)cnc2ccccc12. The first-order valence-electron chi connectivity index (χ1n) is 6.44. The highest BCUT2D eigenvalue weighted by molar-refractivity contribution is 5.88. The minimum atomic E-state index is 0.467. The van der Waals surface area contributed by atoms with Crippen molar-refractivity contribution in [2.45, 2.75) is 19.9 Å². The maximum Gasteiger partial charge on any atom is 0.112 e. The first-order chi connectivity index (χ1) is 9.35. The Bertz CT molecular complexity index is 715. The van der Waals surface area contributed by atoms with Crippen LogP contribution in [-0.2, 0) is 13.0 Å². The van der Waals surface area contributed by atoms with Crippen molar-refractivity contribution in [1.29, 1.82) is 0 Å². The quantitative estimate of drug-likeness (QED) is 0.779. The Balaban J connectivity index is 2.37. The van der Waals surface area contributed by atoms with Crippen molar-refractivity contribution in [1.82, 2.24) is 14.5 Å². The number of imidazole rings is 1. The maximum absolute atomic E-state index is 5.87. The van der Waals surface area contributed by atoms with Gasteiger partial charge < -0.3 is 10.3 Å². The minimum Gasteiger partial charge on any atom is -0.326 e. The molecule has 3 rings (SSSR count). The summed E-state index contributed by atoms with van der Waals surface area (Å²) in [5, 5.41) is 1.11. The van der Waals surface area contributed by atoms with E-state index in [0.717, 1.165) is 34.4 Å². The van der Waals surface area contributed by atoms with Gasteiger partial charge in [0, 0.05) is 42.5 Å². The predicted octanol–water partition coefficient (Wildman–Crippen LogP) is 2.44. The minimum absolute atomic E-state index is 0.467. The third kappa shape index (κ3) is 1.90. The third-order valence-corrected chi connectivity index (χ3v) is 3.32. The molecule has 4 nitrogen and oxygen atoms in total. The zero-order valence-electron chi connectivity index (χ0n) is 10.9. The first-order valence-corrected chi connectivity index (χ1v) is 6.44. The van der Waals surface area contributed by atoms with Crippen LogP contribution in [0.1, 0.15) is 18.3 Å². The Labute approximate surface area is 111 Å². The van der Waals surface area contributed by atoms with Gasteiger partial charge >= 0.3 is 0 Å². The fourth-order valence-corrected chi connectivity index (χ4v) is 2.40. The summed E-state index contributed by atoms with van der Waals surface area (Å²) in [6.07, 6.45) is 6.55. The van der Waals surface area contributed by atoms with Crippen LogP contribution in [0, 0.1) is 0 Å². The number of hydrogen-bond acceptors (Lipinski definition) is 3. The molecule has 2 aromatic heterocycles. The summed E-state index contributed by atoms with van der Waals surface area (Å²) in [5.41, 5.74) is 8.98. The molecule has 0 saturated carbocycles.